The molecule has 0 bridgehead atoms. The van der Waals surface area contributed by atoms with Crippen LogP contribution < -0.4 is 0 Å². The van der Waals surface area contributed by atoms with E-state index >= 15 is 0 Å². The van der Waals surface area contributed by atoms with Gasteiger partial charge in [-0.15, -0.1) is 0 Å². The molecule has 0 radical (unpaired) electrons. The predicted octanol–water partition coefficient (Wildman–Crippen LogP) is 20.3. The van der Waals surface area contributed by atoms with E-state index in [1.165, 1.54) is 238 Å². The maximum Gasteiger partial charge on any atom is 0.306 e. The Kier molecular flexibility index (Phi) is 55.7. The van der Waals surface area contributed by atoms with Crippen molar-refractivity contribution in [3.05, 3.63) is 24.3 Å². The van der Waals surface area contributed by atoms with Gasteiger partial charge < -0.3 is 14.2 Å². The van der Waals surface area contributed by atoms with E-state index in [-0.39, 0.29) is 31.1 Å². The van der Waals surface area contributed by atoms with Crippen LogP contribution in [0.1, 0.15) is 335 Å². The van der Waals surface area contributed by atoms with Crippen molar-refractivity contribution in [1.29, 1.82) is 0 Å². The molecule has 1 atom stereocenters. The van der Waals surface area contributed by atoms with Crippen molar-refractivity contribution in [3.63, 3.8) is 0 Å². The number of ether oxygens (including phenoxy) is 3. The third-order valence-electron chi connectivity index (χ3n) is 13.7. The van der Waals surface area contributed by atoms with Crippen molar-refractivity contribution in [2.24, 2.45) is 0 Å². The number of hydrogen-bond acceptors (Lipinski definition) is 6. The summed E-state index contributed by atoms with van der Waals surface area (Å²) >= 11 is 0. The molecule has 0 rings (SSSR count). The van der Waals surface area contributed by atoms with Crippen LogP contribution in [0.5, 0.6) is 0 Å². The first-order chi connectivity index (χ1) is 33.5. The molecule has 0 aromatic rings. The van der Waals surface area contributed by atoms with Gasteiger partial charge in [-0.05, 0) is 70.6 Å². The molecule has 0 spiro atoms. The molecular weight excluding hydrogens is 841 g/mol. The van der Waals surface area contributed by atoms with Crippen LogP contribution in [0.4, 0.5) is 0 Å². The maximum atomic E-state index is 12.8. The van der Waals surface area contributed by atoms with Crippen LogP contribution in [0.2, 0.25) is 0 Å². The summed E-state index contributed by atoms with van der Waals surface area (Å²) in [5.74, 6) is -0.855. The Morgan fingerprint density at radius 3 is 0.735 bits per heavy atom. The standard InChI is InChI=1S/C62H116O6/c1-4-7-10-13-16-19-22-24-26-28-29-30-31-32-33-35-36-38-40-43-46-49-52-55-61(64)67-58-59(57-66-60(63)54-51-48-45-42-21-18-15-12-9-6-3)68-62(65)56-53-50-47-44-41-39-37-34-27-25-23-20-17-14-11-8-5-2/h25,27-29,59H,4-24,26,30-58H2,1-3H3/b27-25-,29-28-. The maximum absolute atomic E-state index is 12.8. The number of unbranched alkanes of at least 4 members (excludes halogenated alkanes) is 41. The second kappa shape index (κ2) is 57.5. The Hall–Kier alpha value is -2.11. The zero-order valence-electron chi connectivity index (χ0n) is 45.9. The van der Waals surface area contributed by atoms with Crippen LogP contribution in [0.15, 0.2) is 24.3 Å². The number of esters is 3. The third-order valence-corrected chi connectivity index (χ3v) is 13.7. The monoisotopic (exact) mass is 957 g/mol. The zero-order valence-corrected chi connectivity index (χ0v) is 45.9. The zero-order chi connectivity index (χ0) is 49.3. The smallest absolute Gasteiger partial charge is 0.306 e. The Bertz CT molecular complexity index is 1100. The van der Waals surface area contributed by atoms with Crippen molar-refractivity contribution in [2.75, 3.05) is 13.2 Å². The summed E-state index contributed by atoms with van der Waals surface area (Å²) in [6.45, 7) is 6.67. The first-order valence-corrected chi connectivity index (χ1v) is 30.3. The van der Waals surface area contributed by atoms with E-state index in [0.717, 1.165) is 57.8 Å². The van der Waals surface area contributed by atoms with Crippen molar-refractivity contribution >= 4 is 17.9 Å². The number of allylic oxidation sites excluding steroid dienone is 4. The quantitative estimate of drug-likeness (QED) is 0.0262. The third kappa shape index (κ3) is 54.8. The summed E-state index contributed by atoms with van der Waals surface area (Å²) in [5, 5.41) is 0. The van der Waals surface area contributed by atoms with Gasteiger partial charge in [0.05, 0.1) is 0 Å². The number of hydrogen-bond donors (Lipinski definition) is 0. The fourth-order valence-corrected chi connectivity index (χ4v) is 9.08. The highest BCUT2D eigenvalue weighted by Gasteiger charge is 2.19. The molecule has 1 unspecified atom stereocenters. The highest BCUT2D eigenvalue weighted by atomic mass is 16.6. The fourth-order valence-electron chi connectivity index (χ4n) is 9.08. The molecule has 400 valence electrons. The van der Waals surface area contributed by atoms with Gasteiger partial charge in [0.1, 0.15) is 13.2 Å². The largest absolute Gasteiger partial charge is 0.462 e. The van der Waals surface area contributed by atoms with Crippen LogP contribution in [-0.4, -0.2) is 37.2 Å². The van der Waals surface area contributed by atoms with E-state index < -0.39 is 6.10 Å². The average Bonchev–Trinajstić information content (AvgIpc) is 3.34. The second-order valence-corrected chi connectivity index (χ2v) is 20.6. The van der Waals surface area contributed by atoms with Crippen molar-refractivity contribution in [2.45, 2.75) is 341 Å². The lowest BCUT2D eigenvalue weighted by atomic mass is 10.0. The van der Waals surface area contributed by atoms with Gasteiger partial charge in [0.25, 0.3) is 0 Å². The van der Waals surface area contributed by atoms with E-state index in [0.29, 0.717) is 19.3 Å². The summed E-state index contributed by atoms with van der Waals surface area (Å²) in [4.78, 5) is 38.1. The lowest BCUT2D eigenvalue weighted by Crippen LogP contribution is -2.30. The summed E-state index contributed by atoms with van der Waals surface area (Å²) in [5.41, 5.74) is 0. The van der Waals surface area contributed by atoms with Gasteiger partial charge in [0.2, 0.25) is 0 Å². The molecule has 0 aliphatic rings. The van der Waals surface area contributed by atoms with Crippen molar-refractivity contribution < 1.29 is 28.6 Å². The van der Waals surface area contributed by atoms with E-state index in [9.17, 15) is 14.4 Å². The van der Waals surface area contributed by atoms with Crippen LogP contribution in [-0.2, 0) is 28.6 Å². The van der Waals surface area contributed by atoms with E-state index in [1.807, 2.05) is 0 Å². The van der Waals surface area contributed by atoms with Crippen molar-refractivity contribution in [1.82, 2.24) is 0 Å². The first kappa shape index (κ1) is 65.9. The Labute approximate surface area is 423 Å². The Balaban J connectivity index is 4.22. The Morgan fingerprint density at radius 1 is 0.279 bits per heavy atom. The molecule has 0 heterocycles. The molecule has 6 nitrogen and oxygen atoms in total. The minimum atomic E-state index is -0.769. The van der Waals surface area contributed by atoms with Crippen LogP contribution in [0, 0.1) is 0 Å². The number of carbonyl (C=O) groups excluding carboxylic acids is 3. The molecule has 0 aromatic heterocycles. The molecule has 0 aliphatic heterocycles. The van der Waals surface area contributed by atoms with E-state index in [4.69, 9.17) is 14.2 Å². The average molecular weight is 958 g/mol. The molecule has 6 heteroatoms. The molecule has 0 N–H and O–H groups in total. The highest BCUT2D eigenvalue weighted by Crippen LogP contribution is 2.17. The Morgan fingerprint density at radius 2 is 0.485 bits per heavy atom. The van der Waals surface area contributed by atoms with Crippen LogP contribution in [0.25, 0.3) is 0 Å². The molecule has 0 amide bonds. The molecular formula is C62H116O6. The highest BCUT2D eigenvalue weighted by molar-refractivity contribution is 5.71. The SMILES string of the molecule is CCCCCCCC/C=C\CCCCCCCCCC(=O)OC(COC(=O)CCCCCCCCCCCC)COC(=O)CCCCCCCCCCCCC/C=C\CCCCCCCCCC. The van der Waals surface area contributed by atoms with Crippen molar-refractivity contribution in [3.8, 4) is 0 Å². The molecule has 68 heavy (non-hydrogen) atoms. The normalized spacial score (nSPS) is 12.1. The number of carbonyl (C=O) groups is 3. The molecule has 0 saturated heterocycles. The second-order valence-electron chi connectivity index (χ2n) is 20.6. The summed E-state index contributed by atoms with van der Waals surface area (Å²) in [7, 11) is 0. The fraction of sp³-hybridized carbons (Fsp3) is 0.887. The topological polar surface area (TPSA) is 78.9 Å². The van der Waals surface area contributed by atoms with Gasteiger partial charge in [0, 0.05) is 19.3 Å². The molecule has 0 aliphatic carbocycles. The van der Waals surface area contributed by atoms with Gasteiger partial charge in [-0.25, -0.2) is 0 Å². The van der Waals surface area contributed by atoms with Gasteiger partial charge in [-0.3, -0.25) is 14.4 Å². The minimum Gasteiger partial charge on any atom is -0.462 e. The van der Waals surface area contributed by atoms with Gasteiger partial charge in [-0.1, -0.05) is 270 Å². The van der Waals surface area contributed by atoms with Gasteiger partial charge >= 0.3 is 17.9 Å². The van der Waals surface area contributed by atoms with Crippen LogP contribution in [0.3, 0.4) is 0 Å². The van der Waals surface area contributed by atoms with E-state index in [1.54, 1.807) is 0 Å². The van der Waals surface area contributed by atoms with Crippen LogP contribution >= 0.6 is 0 Å². The summed E-state index contributed by atoms with van der Waals surface area (Å²) in [6.07, 6.45) is 67.5. The van der Waals surface area contributed by atoms with Gasteiger partial charge in [0.15, 0.2) is 6.10 Å². The van der Waals surface area contributed by atoms with E-state index in [2.05, 4.69) is 45.1 Å². The molecule has 0 saturated carbocycles. The summed E-state index contributed by atoms with van der Waals surface area (Å²) < 4.78 is 16.9. The first-order valence-electron chi connectivity index (χ1n) is 30.3. The summed E-state index contributed by atoms with van der Waals surface area (Å²) in [6, 6.07) is 0. The predicted molar refractivity (Wildman–Crippen MR) is 293 cm³/mol. The minimum absolute atomic E-state index is 0.0688. The van der Waals surface area contributed by atoms with Gasteiger partial charge in [-0.2, -0.15) is 0 Å². The lowest BCUT2D eigenvalue weighted by Gasteiger charge is -2.18. The molecule has 0 fully saturated rings. The number of rotatable bonds is 56. The lowest BCUT2D eigenvalue weighted by molar-refractivity contribution is -0.167. The molecule has 0 aromatic carbocycles.